The van der Waals surface area contributed by atoms with E-state index in [9.17, 15) is 4.79 Å². The summed E-state index contributed by atoms with van der Waals surface area (Å²) < 4.78 is 0. The van der Waals surface area contributed by atoms with Crippen molar-refractivity contribution in [3.05, 3.63) is 0 Å². The van der Waals surface area contributed by atoms with Gasteiger partial charge in [0.1, 0.15) is 0 Å². The first kappa shape index (κ1) is 7.34. The van der Waals surface area contributed by atoms with Crippen LogP contribution in [0, 0.1) is 0 Å². The monoisotopic (exact) mass is 144 g/mol. The highest BCUT2D eigenvalue weighted by Gasteiger charge is 2.16. The molecule has 58 valence electrons. The van der Waals surface area contributed by atoms with Gasteiger partial charge < -0.3 is 4.90 Å². The van der Waals surface area contributed by atoms with E-state index in [1.807, 2.05) is 0 Å². The fourth-order valence-electron chi connectivity index (χ4n) is 1.07. The third kappa shape index (κ3) is 1.60. The zero-order chi connectivity index (χ0) is 7.40. The molecule has 0 unspecified atom stereocenters. The van der Waals surface area contributed by atoms with Gasteiger partial charge in [-0.3, -0.25) is 4.84 Å². The van der Waals surface area contributed by atoms with Crippen molar-refractivity contribution in [1.29, 1.82) is 0 Å². The van der Waals surface area contributed by atoms with Crippen LogP contribution in [0.5, 0.6) is 0 Å². The van der Waals surface area contributed by atoms with Gasteiger partial charge in [0.2, 0.25) is 0 Å². The number of rotatable bonds is 1. The highest BCUT2D eigenvalue weighted by Crippen LogP contribution is 2.06. The minimum Gasteiger partial charge on any atom is -0.323 e. The number of hydrogen-bond donors (Lipinski definition) is 1. The molecule has 0 atom stereocenters. The van der Waals surface area contributed by atoms with E-state index in [2.05, 4.69) is 10.3 Å². The predicted molar refractivity (Wildman–Crippen MR) is 36.3 cm³/mol. The molecule has 0 aromatic heterocycles. The Balaban J connectivity index is 2.25. The molecule has 1 N–H and O–H groups in total. The molecule has 10 heavy (non-hydrogen) atoms. The number of nitrogens with one attached hydrogen (secondary N) is 1. The van der Waals surface area contributed by atoms with E-state index in [4.69, 9.17) is 0 Å². The largest absolute Gasteiger partial charge is 0.341 e. The summed E-state index contributed by atoms with van der Waals surface area (Å²) in [6.45, 7) is 1.71. The number of hydroxylamine groups is 1. The van der Waals surface area contributed by atoms with Crippen LogP contribution in [0.1, 0.15) is 12.8 Å². The van der Waals surface area contributed by atoms with E-state index in [0.29, 0.717) is 0 Å². The van der Waals surface area contributed by atoms with Crippen LogP contribution in [-0.4, -0.2) is 31.1 Å². The van der Waals surface area contributed by atoms with Crippen molar-refractivity contribution in [2.75, 3.05) is 20.2 Å². The van der Waals surface area contributed by atoms with Crippen molar-refractivity contribution in [1.82, 2.24) is 10.4 Å². The van der Waals surface area contributed by atoms with Crippen LogP contribution in [0.3, 0.4) is 0 Å². The first-order valence-electron chi connectivity index (χ1n) is 3.42. The zero-order valence-electron chi connectivity index (χ0n) is 6.09. The summed E-state index contributed by atoms with van der Waals surface area (Å²) in [5.74, 6) is 0. The van der Waals surface area contributed by atoms with Gasteiger partial charge in [-0.1, -0.05) is 0 Å². The lowest BCUT2D eigenvalue weighted by molar-refractivity contribution is 0.0908. The fourth-order valence-corrected chi connectivity index (χ4v) is 1.07. The molecule has 0 spiro atoms. The molecule has 4 nitrogen and oxygen atoms in total. The summed E-state index contributed by atoms with van der Waals surface area (Å²) in [6.07, 6.45) is 2.22. The number of carbonyl (C=O) groups excluding carboxylic acids is 1. The van der Waals surface area contributed by atoms with E-state index in [0.717, 1.165) is 25.9 Å². The first-order chi connectivity index (χ1) is 4.84. The van der Waals surface area contributed by atoms with E-state index < -0.39 is 0 Å². The molecule has 0 aliphatic carbocycles. The van der Waals surface area contributed by atoms with Gasteiger partial charge in [0, 0.05) is 13.1 Å². The Labute approximate surface area is 60.1 Å². The fraction of sp³-hybridized carbons (Fsp3) is 0.833. The molecule has 0 bridgehead atoms. The van der Waals surface area contributed by atoms with Crippen LogP contribution >= 0.6 is 0 Å². The molecule has 0 aromatic rings. The Morgan fingerprint density at radius 1 is 1.50 bits per heavy atom. The molecule has 1 saturated heterocycles. The average molecular weight is 144 g/mol. The van der Waals surface area contributed by atoms with Crippen LogP contribution in [0.2, 0.25) is 0 Å². The van der Waals surface area contributed by atoms with Gasteiger partial charge in [-0.05, 0) is 12.8 Å². The van der Waals surface area contributed by atoms with Crippen LogP contribution < -0.4 is 5.48 Å². The number of likely N-dealkylation sites (tertiary alicyclic amines) is 1. The van der Waals surface area contributed by atoms with Crippen molar-refractivity contribution >= 4 is 6.03 Å². The Hall–Kier alpha value is -0.770. The van der Waals surface area contributed by atoms with Gasteiger partial charge in [-0.25, -0.2) is 10.3 Å². The van der Waals surface area contributed by atoms with Crippen LogP contribution in [0.25, 0.3) is 0 Å². The molecule has 0 aromatic carbocycles. The lowest BCUT2D eigenvalue weighted by Gasteiger charge is -2.13. The van der Waals surface area contributed by atoms with Gasteiger partial charge in [-0.15, -0.1) is 0 Å². The summed E-state index contributed by atoms with van der Waals surface area (Å²) in [6, 6.07) is -0.125. The SMILES string of the molecule is CONC(=O)N1CCCC1. The summed E-state index contributed by atoms with van der Waals surface area (Å²) in [5.41, 5.74) is 2.27. The second-order valence-corrected chi connectivity index (χ2v) is 2.31. The van der Waals surface area contributed by atoms with Gasteiger partial charge in [0.25, 0.3) is 0 Å². The van der Waals surface area contributed by atoms with Crippen molar-refractivity contribution in [2.45, 2.75) is 12.8 Å². The van der Waals surface area contributed by atoms with Crippen LogP contribution in [0.4, 0.5) is 4.79 Å². The van der Waals surface area contributed by atoms with Gasteiger partial charge in [0.05, 0.1) is 7.11 Å². The Morgan fingerprint density at radius 2 is 2.10 bits per heavy atom. The third-order valence-electron chi connectivity index (χ3n) is 1.58. The maximum Gasteiger partial charge on any atom is 0.341 e. The van der Waals surface area contributed by atoms with Crippen molar-refractivity contribution < 1.29 is 9.63 Å². The molecule has 0 radical (unpaired) electrons. The number of nitrogens with zero attached hydrogens (tertiary/aromatic N) is 1. The Kier molecular flexibility index (Phi) is 2.50. The molecular weight excluding hydrogens is 132 g/mol. The number of hydrogen-bond acceptors (Lipinski definition) is 2. The van der Waals surface area contributed by atoms with Crippen molar-refractivity contribution in [3.8, 4) is 0 Å². The molecule has 0 saturated carbocycles. The van der Waals surface area contributed by atoms with E-state index in [-0.39, 0.29) is 6.03 Å². The summed E-state index contributed by atoms with van der Waals surface area (Å²) in [4.78, 5) is 17.1. The minimum atomic E-state index is -0.125. The second-order valence-electron chi connectivity index (χ2n) is 2.31. The normalized spacial score (nSPS) is 17.5. The van der Waals surface area contributed by atoms with Crippen LogP contribution in [0.15, 0.2) is 0 Å². The van der Waals surface area contributed by atoms with Gasteiger partial charge >= 0.3 is 6.03 Å². The topological polar surface area (TPSA) is 41.6 Å². The number of urea groups is 1. The molecule has 1 fully saturated rings. The highest BCUT2D eigenvalue weighted by atomic mass is 16.6. The highest BCUT2D eigenvalue weighted by molar-refractivity contribution is 5.73. The quantitative estimate of drug-likeness (QED) is 0.539. The van der Waals surface area contributed by atoms with Crippen molar-refractivity contribution in [3.63, 3.8) is 0 Å². The molecule has 1 aliphatic rings. The first-order valence-corrected chi connectivity index (χ1v) is 3.42. The van der Waals surface area contributed by atoms with E-state index in [1.165, 1.54) is 7.11 Å². The summed E-state index contributed by atoms with van der Waals surface area (Å²) in [7, 11) is 1.44. The van der Waals surface area contributed by atoms with Gasteiger partial charge in [-0.2, -0.15) is 0 Å². The lowest BCUT2D eigenvalue weighted by Crippen LogP contribution is -2.37. The molecular formula is C6H12N2O2. The van der Waals surface area contributed by atoms with E-state index >= 15 is 0 Å². The predicted octanol–water partition coefficient (Wildman–Crippen LogP) is 0.353. The number of amides is 2. The zero-order valence-corrected chi connectivity index (χ0v) is 6.09. The van der Waals surface area contributed by atoms with Crippen LogP contribution in [-0.2, 0) is 4.84 Å². The second kappa shape index (κ2) is 3.41. The molecule has 2 amide bonds. The average Bonchev–Trinajstić information content (AvgIpc) is 2.38. The molecule has 1 heterocycles. The van der Waals surface area contributed by atoms with Gasteiger partial charge in [0.15, 0.2) is 0 Å². The number of carbonyl (C=O) groups is 1. The maximum absolute atomic E-state index is 10.9. The molecule has 1 rings (SSSR count). The molecule has 1 aliphatic heterocycles. The van der Waals surface area contributed by atoms with Crippen molar-refractivity contribution in [2.24, 2.45) is 0 Å². The Morgan fingerprint density at radius 3 is 2.60 bits per heavy atom. The molecule has 4 heteroatoms. The minimum absolute atomic E-state index is 0.125. The Bertz CT molecular complexity index is 121. The summed E-state index contributed by atoms with van der Waals surface area (Å²) >= 11 is 0. The summed E-state index contributed by atoms with van der Waals surface area (Å²) in [5, 5.41) is 0. The van der Waals surface area contributed by atoms with E-state index in [1.54, 1.807) is 4.90 Å². The lowest BCUT2D eigenvalue weighted by atomic mass is 10.4. The smallest absolute Gasteiger partial charge is 0.323 e. The standard InChI is InChI=1S/C6H12N2O2/c1-10-7-6(9)8-4-2-3-5-8/h2-5H2,1H3,(H,7,9). The maximum atomic E-state index is 10.9. The third-order valence-corrected chi connectivity index (χ3v) is 1.58.